The van der Waals surface area contributed by atoms with Crippen molar-refractivity contribution in [2.45, 2.75) is 6.61 Å². The summed E-state index contributed by atoms with van der Waals surface area (Å²) in [6.07, 6.45) is 0. The second-order valence-electron chi connectivity index (χ2n) is 5.18. The Bertz CT molecular complexity index is 923. The van der Waals surface area contributed by atoms with Crippen LogP contribution in [0, 0.1) is 11.3 Å². The predicted molar refractivity (Wildman–Crippen MR) is 88.8 cm³/mol. The number of benzene rings is 2. The fraction of sp³-hybridized carbons (Fsp3) is 0.105. The Hall–Kier alpha value is -3.59. The second-order valence-corrected chi connectivity index (χ2v) is 5.18. The van der Waals surface area contributed by atoms with Crippen LogP contribution in [-0.4, -0.2) is 18.2 Å². The topological polar surface area (TPSA) is 85.4 Å². The average molecular weight is 334 g/mol. The molecule has 0 N–H and O–H groups in total. The summed E-state index contributed by atoms with van der Waals surface area (Å²) in [5.74, 6) is 0.795. The highest BCUT2D eigenvalue weighted by Gasteiger charge is 2.11. The first-order valence-corrected chi connectivity index (χ1v) is 7.47. The molecule has 0 aliphatic carbocycles. The SMILES string of the molecule is COc1ccc(-c2cc(COC(=O)c3cccc(C#N)c3)no2)cc1. The maximum Gasteiger partial charge on any atom is 0.338 e. The van der Waals surface area contributed by atoms with E-state index in [0.717, 1.165) is 11.3 Å². The Morgan fingerprint density at radius 1 is 1.20 bits per heavy atom. The van der Waals surface area contributed by atoms with Gasteiger partial charge in [-0.25, -0.2) is 4.79 Å². The van der Waals surface area contributed by atoms with Crippen LogP contribution in [0.1, 0.15) is 21.6 Å². The van der Waals surface area contributed by atoms with Crippen molar-refractivity contribution in [3.8, 4) is 23.1 Å². The van der Waals surface area contributed by atoms with Gasteiger partial charge in [0.25, 0.3) is 0 Å². The van der Waals surface area contributed by atoms with Gasteiger partial charge in [-0.15, -0.1) is 0 Å². The second kappa shape index (κ2) is 7.32. The first-order chi connectivity index (χ1) is 12.2. The van der Waals surface area contributed by atoms with Crippen LogP contribution in [0.3, 0.4) is 0 Å². The van der Waals surface area contributed by atoms with Crippen molar-refractivity contribution < 1.29 is 18.8 Å². The normalized spacial score (nSPS) is 10.1. The van der Waals surface area contributed by atoms with Gasteiger partial charge in [0, 0.05) is 11.6 Å². The zero-order chi connectivity index (χ0) is 17.6. The summed E-state index contributed by atoms with van der Waals surface area (Å²) in [6, 6.07) is 17.4. The molecule has 0 spiro atoms. The van der Waals surface area contributed by atoms with Gasteiger partial charge in [-0.2, -0.15) is 5.26 Å². The molecule has 0 aliphatic rings. The standard InChI is InChI=1S/C19H14N2O4/c1-23-17-7-5-14(6-8-17)18-10-16(21-25-18)12-24-19(22)15-4-2-3-13(9-15)11-20/h2-10H,12H2,1H3. The maximum atomic E-state index is 12.0. The van der Waals surface area contributed by atoms with Crippen LogP contribution >= 0.6 is 0 Å². The Morgan fingerprint density at radius 3 is 2.72 bits per heavy atom. The number of methoxy groups -OCH3 is 1. The van der Waals surface area contributed by atoms with Gasteiger partial charge in [-0.1, -0.05) is 11.2 Å². The Kier molecular flexibility index (Phi) is 4.77. The lowest BCUT2D eigenvalue weighted by Gasteiger charge is -2.02. The van der Waals surface area contributed by atoms with Crippen molar-refractivity contribution in [1.29, 1.82) is 5.26 Å². The predicted octanol–water partition coefficient (Wildman–Crippen LogP) is 3.58. The monoisotopic (exact) mass is 334 g/mol. The van der Waals surface area contributed by atoms with Gasteiger partial charge in [-0.05, 0) is 42.5 Å². The minimum atomic E-state index is -0.522. The Labute approximate surface area is 144 Å². The number of esters is 1. The summed E-state index contributed by atoms with van der Waals surface area (Å²) in [7, 11) is 1.60. The zero-order valence-electron chi connectivity index (χ0n) is 13.4. The number of rotatable bonds is 5. The third kappa shape index (κ3) is 3.85. The molecular weight excluding hydrogens is 320 g/mol. The van der Waals surface area contributed by atoms with E-state index in [2.05, 4.69) is 5.16 Å². The lowest BCUT2D eigenvalue weighted by molar-refractivity contribution is 0.0464. The van der Waals surface area contributed by atoms with Crippen LogP contribution < -0.4 is 4.74 Å². The number of nitrogens with zero attached hydrogens (tertiary/aromatic N) is 2. The lowest BCUT2D eigenvalue weighted by atomic mass is 10.1. The number of carbonyl (C=O) groups excluding carboxylic acids is 1. The molecule has 0 unspecified atom stereocenters. The van der Waals surface area contributed by atoms with Gasteiger partial charge < -0.3 is 14.0 Å². The van der Waals surface area contributed by atoms with Crippen molar-refractivity contribution in [3.63, 3.8) is 0 Å². The van der Waals surface area contributed by atoms with E-state index in [4.69, 9.17) is 19.3 Å². The molecule has 1 heterocycles. The average Bonchev–Trinajstić information content (AvgIpc) is 3.15. The molecule has 0 fully saturated rings. The lowest BCUT2D eigenvalue weighted by Crippen LogP contribution is -2.05. The van der Waals surface area contributed by atoms with Crippen LogP contribution in [-0.2, 0) is 11.3 Å². The van der Waals surface area contributed by atoms with Gasteiger partial charge >= 0.3 is 5.97 Å². The highest BCUT2D eigenvalue weighted by Crippen LogP contribution is 2.23. The molecule has 6 heteroatoms. The number of nitriles is 1. The molecule has 0 aliphatic heterocycles. The molecule has 1 aromatic heterocycles. The van der Waals surface area contributed by atoms with Crippen LogP contribution in [0.2, 0.25) is 0 Å². The summed E-state index contributed by atoms with van der Waals surface area (Å²) in [6.45, 7) is -0.0186. The van der Waals surface area contributed by atoms with Crippen molar-refractivity contribution in [3.05, 3.63) is 71.4 Å². The quantitative estimate of drug-likeness (QED) is 0.663. The third-order valence-electron chi connectivity index (χ3n) is 3.51. The molecule has 25 heavy (non-hydrogen) atoms. The zero-order valence-corrected chi connectivity index (χ0v) is 13.4. The minimum Gasteiger partial charge on any atom is -0.497 e. The highest BCUT2D eigenvalue weighted by atomic mass is 16.5. The largest absolute Gasteiger partial charge is 0.497 e. The Morgan fingerprint density at radius 2 is 2.00 bits per heavy atom. The van der Waals surface area contributed by atoms with E-state index >= 15 is 0 Å². The van der Waals surface area contributed by atoms with Gasteiger partial charge in [-0.3, -0.25) is 0 Å². The molecule has 3 aromatic rings. The van der Waals surface area contributed by atoms with E-state index in [-0.39, 0.29) is 6.61 Å². The van der Waals surface area contributed by atoms with Crippen LogP contribution in [0.25, 0.3) is 11.3 Å². The van der Waals surface area contributed by atoms with Crippen LogP contribution in [0.5, 0.6) is 5.75 Å². The smallest absolute Gasteiger partial charge is 0.338 e. The van der Waals surface area contributed by atoms with Crippen LogP contribution in [0.4, 0.5) is 0 Å². The summed E-state index contributed by atoms with van der Waals surface area (Å²) in [4.78, 5) is 12.0. The van der Waals surface area contributed by atoms with Gasteiger partial charge in [0.2, 0.25) is 0 Å². The van der Waals surface area contributed by atoms with E-state index in [1.165, 1.54) is 6.07 Å². The summed E-state index contributed by atoms with van der Waals surface area (Å²) < 4.78 is 15.6. The molecule has 0 saturated carbocycles. The van der Waals surface area contributed by atoms with Crippen molar-refractivity contribution in [2.75, 3.05) is 7.11 Å². The summed E-state index contributed by atoms with van der Waals surface area (Å²) in [5.41, 5.74) is 2.05. The van der Waals surface area contributed by atoms with E-state index < -0.39 is 5.97 Å². The fourth-order valence-electron chi connectivity index (χ4n) is 2.21. The number of hydrogen-bond acceptors (Lipinski definition) is 6. The molecule has 0 atom stereocenters. The minimum absolute atomic E-state index is 0.0186. The van der Waals surface area contributed by atoms with Gasteiger partial charge in [0.05, 0.1) is 24.3 Å². The first-order valence-electron chi connectivity index (χ1n) is 7.47. The molecule has 0 radical (unpaired) electrons. The van der Waals surface area contributed by atoms with E-state index in [0.29, 0.717) is 22.6 Å². The van der Waals surface area contributed by atoms with Crippen LogP contribution in [0.15, 0.2) is 59.1 Å². The van der Waals surface area contributed by atoms with Gasteiger partial charge in [0.15, 0.2) is 5.76 Å². The third-order valence-corrected chi connectivity index (χ3v) is 3.51. The molecule has 0 bridgehead atoms. The maximum absolute atomic E-state index is 12.0. The molecule has 124 valence electrons. The van der Waals surface area contributed by atoms with E-state index in [1.54, 1.807) is 31.4 Å². The first kappa shape index (κ1) is 16.3. The summed E-state index contributed by atoms with van der Waals surface area (Å²) >= 11 is 0. The fourth-order valence-corrected chi connectivity index (χ4v) is 2.21. The van der Waals surface area contributed by atoms with E-state index in [9.17, 15) is 4.79 Å². The molecule has 6 nitrogen and oxygen atoms in total. The van der Waals surface area contributed by atoms with Crippen molar-refractivity contribution in [2.24, 2.45) is 0 Å². The summed E-state index contributed by atoms with van der Waals surface area (Å²) in [5, 5.41) is 12.8. The van der Waals surface area contributed by atoms with Gasteiger partial charge in [0.1, 0.15) is 18.1 Å². The molecular formula is C19H14N2O4. The number of carbonyl (C=O) groups is 1. The number of ether oxygens (including phenoxy) is 2. The van der Waals surface area contributed by atoms with Crippen molar-refractivity contribution in [1.82, 2.24) is 5.16 Å². The van der Waals surface area contributed by atoms with Crippen molar-refractivity contribution >= 4 is 5.97 Å². The van der Waals surface area contributed by atoms with E-state index in [1.807, 2.05) is 30.3 Å². The molecule has 0 saturated heterocycles. The molecule has 2 aromatic carbocycles. The highest BCUT2D eigenvalue weighted by molar-refractivity contribution is 5.89. The number of hydrogen-bond donors (Lipinski definition) is 0. The molecule has 0 amide bonds. The molecule has 3 rings (SSSR count). The number of aromatic nitrogens is 1. The Balaban J connectivity index is 1.65.